The molecule has 0 aliphatic rings. The van der Waals surface area contributed by atoms with Crippen LogP contribution in [0, 0.1) is 0 Å². The molecule has 9 aromatic rings. The monoisotopic (exact) mass is 527 g/mol. The van der Waals surface area contributed by atoms with Crippen LogP contribution in [0.4, 0.5) is 0 Å². The lowest BCUT2D eigenvalue weighted by molar-refractivity contribution is 1.08. The van der Waals surface area contributed by atoms with Crippen LogP contribution in [0.25, 0.3) is 80.9 Å². The van der Waals surface area contributed by atoms with Crippen LogP contribution in [0.3, 0.4) is 0 Å². The Morgan fingerprint density at radius 3 is 2.10 bits per heavy atom. The Bertz CT molecular complexity index is 2430. The molecular formula is C36H21N3S. The summed E-state index contributed by atoms with van der Waals surface area (Å²) in [5.41, 5.74) is 6.01. The van der Waals surface area contributed by atoms with Gasteiger partial charge in [0.15, 0.2) is 5.82 Å². The molecule has 0 atom stereocenters. The second kappa shape index (κ2) is 8.22. The smallest absolute Gasteiger partial charge is 0.165 e. The summed E-state index contributed by atoms with van der Waals surface area (Å²) >= 11 is 1.85. The molecule has 0 aliphatic carbocycles. The number of aromatic nitrogens is 3. The Balaban J connectivity index is 1.52. The Morgan fingerprint density at radius 2 is 1.23 bits per heavy atom. The molecule has 0 unspecified atom stereocenters. The van der Waals surface area contributed by atoms with Crippen LogP contribution < -0.4 is 0 Å². The van der Waals surface area contributed by atoms with Crippen LogP contribution >= 0.6 is 11.3 Å². The third-order valence-corrected chi connectivity index (χ3v) is 9.10. The molecule has 0 spiro atoms. The molecule has 186 valence electrons. The molecular weight excluding hydrogens is 506 g/mol. The minimum atomic E-state index is 0.849. The number of rotatable bonds is 2. The number of nitrogens with zero attached hydrogens (tertiary/aromatic N) is 3. The Labute approximate surface area is 233 Å². The fourth-order valence-electron chi connectivity index (χ4n) is 6.15. The van der Waals surface area contributed by atoms with Crippen molar-refractivity contribution < 1.29 is 0 Å². The average Bonchev–Trinajstić information content (AvgIpc) is 3.54. The topological polar surface area (TPSA) is 30.7 Å². The van der Waals surface area contributed by atoms with E-state index in [-0.39, 0.29) is 0 Å². The van der Waals surface area contributed by atoms with Gasteiger partial charge in [0.25, 0.3) is 0 Å². The summed E-state index contributed by atoms with van der Waals surface area (Å²) in [6, 6.07) is 45.2. The van der Waals surface area contributed by atoms with E-state index in [0.717, 1.165) is 39.1 Å². The zero-order chi connectivity index (χ0) is 26.2. The molecule has 9 rings (SSSR count). The third-order valence-electron chi connectivity index (χ3n) is 7.96. The lowest BCUT2D eigenvalue weighted by Gasteiger charge is -2.14. The van der Waals surface area contributed by atoms with Gasteiger partial charge in [0.1, 0.15) is 5.69 Å². The van der Waals surface area contributed by atoms with Crippen molar-refractivity contribution in [3.8, 4) is 17.1 Å². The van der Waals surface area contributed by atoms with E-state index < -0.39 is 0 Å². The predicted octanol–water partition coefficient (Wildman–Crippen LogP) is 9.91. The van der Waals surface area contributed by atoms with Crippen molar-refractivity contribution >= 4 is 75.1 Å². The highest BCUT2D eigenvalue weighted by molar-refractivity contribution is 7.25. The van der Waals surface area contributed by atoms with E-state index in [1.807, 2.05) is 35.6 Å². The van der Waals surface area contributed by atoms with Gasteiger partial charge >= 0.3 is 0 Å². The largest absolute Gasteiger partial charge is 0.291 e. The van der Waals surface area contributed by atoms with Gasteiger partial charge in [-0.2, -0.15) is 0 Å². The number of fused-ring (bicyclic) bond motifs is 9. The Hall–Kier alpha value is -5.06. The first-order valence-electron chi connectivity index (χ1n) is 13.4. The maximum Gasteiger partial charge on any atom is 0.165 e. The molecule has 3 nitrogen and oxygen atoms in total. The van der Waals surface area contributed by atoms with Crippen molar-refractivity contribution in [1.82, 2.24) is 14.5 Å². The molecule has 0 saturated carbocycles. The Morgan fingerprint density at radius 1 is 0.500 bits per heavy atom. The standard InChI is InChI=1S/C36H21N3S/c1-2-11-23(12-3-1)34-36(38-30-16-8-7-15-29(30)37-34)39-31-21-33-28(25-14-6-9-17-32(25)40-33)20-27(31)26-19-18-22-10-4-5-13-24(22)35(26)39/h1-21H. The maximum atomic E-state index is 5.33. The fourth-order valence-corrected chi connectivity index (χ4v) is 7.27. The summed E-state index contributed by atoms with van der Waals surface area (Å²) in [4.78, 5) is 10.5. The van der Waals surface area contributed by atoms with Crippen molar-refractivity contribution in [2.75, 3.05) is 0 Å². The molecule has 3 heterocycles. The van der Waals surface area contributed by atoms with E-state index in [1.165, 1.54) is 41.7 Å². The number of para-hydroxylation sites is 2. The summed E-state index contributed by atoms with van der Waals surface area (Å²) in [6.45, 7) is 0. The molecule has 0 aliphatic heterocycles. The highest BCUT2D eigenvalue weighted by atomic mass is 32.1. The Kier molecular flexibility index (Phi) is 4.48. The van der Waals surface area contributed by atoms with Gasteiger partial charge < -0.3 is 0 Å². The molecule has 0 N–H and O–H groups in total. The predicted molar refractivity (Wildman–Crippen MR) is 170 cm³/mol. The average molecular weight is 528 g/mol. The molecule has 0 radical (unpaired) electrons. The number of hydrogen-bond acceptors (Lipinski definition) is 3. The van der Waals surface area contributed by atoms with Crippen molar-refractivity contribution in [3.05, 3.63) is 127 Å². The van der Waals surface area contributed by atoms with E-state index in [1.54, 1.807) is 0 Å². The minimum Gasteiger partial charge on any atom is -0.291 e. The molecule has 3 aromatic heterocycles. The van der Waals surface area contributed by atoms with E-state index in [9.17, 15) is 0 Å². The van der Waals surface area contributed by atoms with Crippen molar-refractivity contribution in [1.29, 1.82) is 0 Å². The van der Waals surface area contributed by atoms with E-state index in [4.69, 9.17) is 9.97 Å². The summed E-state index contributed by atoms with van der Waals surface area (Å²) in [7, 11) is 0. The van der Waals surface area contributed by atoms with Crippen LogP contribution in [-0.2, 0) is 0 Å². The molecule has 0 amide bonds. The highest BCUT2D eigenvalue weighted by Crippen LogP contribution is 2.43. The summed E-state index contributed by atoms with van der Waals surface area (Å²) < 4.78 is 4.94. The molecule has 0 fully saturated rings. The van der Waals surface area contributed by atoms with Gasteiger partial charge in [-0.05, 0) is 35.7 Å². The van der Waals surface area contributed by atoms with Crippen LogP contribution in [0.5, 0.6) is 0 Å². The van der Waals surface area contributed by atoms with Gasteiger partial charge in [-0.25, -0.2) is 9.97 Å². The van der Waals surface area contributed by atoms with Gasteiger partial charge in [-0.1, -0.05) is 97.1 Å². The number of hydrogen-bond donors (Lipinski definition) is 0. The van der Waals surface area contributed by atoms with E-state index >= 15 is 0 Å². The first-order chi connectivity index (χ1) is 19.8. The molecule has 40 heavy (non-hydrogen) atoms. The normalized spacial score (nSPS) is 12.0. The van der Waals surface area contributed by atoms with Crippen LogP contribution in [0.15, 0.2) is 127 Å². The maximum absolute atomic E-state index is 5.33. The second-order valence-corrected chi connectivity index (χ2v) is 11.3. The first-order valence-corrected chi connectivity index (χ1v) is 14.2. The lowest BCUT2D eigenvalue weighted by atomic mass is 10.0. The van der Waals surface area contributed by atoms with Gasteiger partial charge in [0, 0.05) is 41.9 Å². The van der Waals surface area contributed by atoms with Crippen molar-refractivity contribution in [2.45, 2.75) is 0 Å². The first kappa shape index (κ1) is 21.8. The third kappa shape index (κ3) is 3.05. The zero-order valence-corrected chi connectivity index (χ0v) is 22.2. The minimum absolute atomic E-state index is 0.849. The van der Waals surface area contributed by atoms with Crippen molar-refractivity contribution in [2.24, 2.45) is 0 Å². The molecule has 0 bridgehead atoms. The van der Waals surface area contributed by atoms with Gasteiger partial charge in [0.05, 0.1) is 22.1 Å². The van der Waals surface area contributed by atoms with Gasteiger partial charge in [-0.15, -0.1) is 11.3 Å². The van der Waals surface area contributed by atoms with E-state index in [0.29, 0.717) is 0 Å². The number of benzene rings is 6. The van der Waals surface area contributed by atoms with E-state index in [2.05, 4.69) is 108 Å². The highest BCUT2D eigenvalue weighted by Gasteiger charge is 2.22. The van der Waals surface area contributed by atoms with Gasteiger partial charge in [-0.3, -0.25) is 4.57 Å². The molecule has 4 heteroatoms. The second-order valence-electron chi connectivity index (χ2n) is 10.2. The van der Waals surface area contributed by atoms with Crippen LogP contribution in [0.1, 0.15) is 0 Å². The summed E-state index contributed by atoms with van der Waals surface area (Å²) in [5.74, 6) is 0.849. The van der Waals surface area contributed by atoms with Gasteiger partial charge in [0.2, 0.25) is 0 Å². The van der Waals surface area contributed by atoms with Crippen molar-refractivity contribution in [3.63, 3.8) is 0 Å². The lowest BCUT2D eigenvalue weighted by Crippen LogP contribution is -2.04. The summed E-state index contributed by atoms with van der Waals surface area (Å²) in [6.07, 6.45) is 0. The summed E-state index contributed by atoms with van der Waals surface area (Å²) in [5, 5.41) is 7.47. The number of thiophene rings is 1. The molecule has 6 aromatic carbocycles. The fraction of sp³-hybridized carbons (Fsp3) is 0. The zero-order valence-electron chi connectivity index (χ0n) is 21.4. The van der Waals surface area contributed by atoms with Crippen LogP contribution in [-0.4, -0.2) is 14.5 Å². The van der Waals surface area contributed by atoms with Crippen LogP contribution in [0.2, 0.25) is 0 Å². The molecule has 0 saturated heterocycles. The SMILES string of the molecule is c1ccc(-c2nc3ccccc3nc2-n2c3cc4sc5ccccc5c4cc3c3ccc4ccccc4c32)cc1. The quantitative estimate of drug-likeness (QED) is 0.224.